The van der Waals surface area contributed by atoms with E-state index in [1.807, 2.05) is 12.1 Å². The van der Waals surface area contributed by atoms with Gasteiger partial charge in [-0.25, -0.2) is 0 Å². The lowest BCUT2D eigenvalue weighted by atomic mass is 10.1. The number of hydrogen-bond acceptors (Lipinski definition) is 4. The van der Waals surface area contributed by atoms with Gasteiger partial charge in [0, 0.05) is 13.1 Å². The van der Waals surface area contributed by atoms with Crippen molar-refractivity contribution < 1.29 is 9.53 Å². The third-order valence-electron chi connectivity index (χ3n) is 5.92. The topological polar surface area (TPSA) is 44.8 Å². The van der Waals surface area contributed by atoms with Crippen molar-refractivity contribution in [2.45, 2.75) is 58.5 Å². The number of nitrogens with zero attached hydrogens (tertiary/aromatic N) is 2. The molecule has 0 aliphatic rings. The molecule has 0 heterocycles. The molecule has 0 radical (unpaired) electrons. The lowest BCUT2D eigenvalue weighted by Crippen LogP contribution is -2.35. The predicted octanol–water partition coefficient (Wildman–Crippen LogP) is 6.01. The summed E-state index contributed by atoms with van der Waals surface area (Å²) in [5, 5.41) is 3.32. The predicted molar refractivity (Wildman–Crippen MR) is 147 cm³/mol. The summed E-state index contributed by atoms with van der Waals surface area (Å²) >= 11 is 6.30. The highest BCUT2D eigenvalue weighted by Crippen LogP contribution is 2.52. The van der Waals surface area contributed by atoms with E-state index in [0.717, 1.165) is 25.9 Å². The van der Waals surface area contributed by atoms with Crippen molar-refractivity contribution in [3.8, 4) is 0 Å². The molecule has 0 unspecified atom stereocenters. The van der Waals surface area contributed by atoms with Gasteiger partial charge < -0.3 is 4.74 Å². The van der Waals surface area contributed by atoms with Crippen LogP contribution in [0.2, 0.25) is 0 Å². The Morgan fingerprint density at radius 1 is 0.853 bits per heavy atom. The Balaban J connectivity index is 1.90. The minimum absolute atomic E-state index is 0.187. The van der Waals surface area contributed by atoms with E-state index in [0.29, 0.717) is 12.9 Å². The molecule has 0 bridgehead atoms. The number of rotatable bonds is 17. The third-order valence-corrected chi connectivity index (χ3v) is 11.0. The highest BCUT2D eigenvalue weighted by Gasteiger charge is 2.28. The van der Waals surface area contributed by atoms with Gasteiger partial charge in [0.2, 0.25) is 0 Å². The van der Waals surface area contributed by atoms with Gasteiger partial charge in [0.05, 0.1) is 25.8 Å². The smallest absolute Gasteiger partial charge is 0.319 e. The van der Waals surface area contributed by atoms with Gasteiger partial charge >= 0.3 is 5.97 Å². The summed E-state index contributed by atoms with van der Waals surface area (Å²) in [6.07, 6.45) is 5.49. The molecule has 34 heavy (non-hydrogen) atoms. The molecule has 0 aliphatic heterocycles. The average molecular weight is 504 g/mol. The molecule has 188 valence electrons. The molecule has 0 saturated heterocycles. The van der Waals surface area contributed by atoms with Crippen LogP contribution in [-0.4, -0.2) is 48.8 Å². The number of carbonyl (C=O) groups excluding carboxylic acids is 1. The Labute approximate surface area is 212 Å². The van der Waals surface area contributed by atoms with Gasteiger partial charge in [-0.1, -0.05) is 111 Å². The second-order valence-electron chi connectivity index (χ2n) is 8.84. The van der Waals surface area contributed by atoms with Gasteiger partial charge in [-0.3, -0.25) is 19.5 Å². The number of esters is 1. The molecule has 0 aromatic heterocycles. The SMILES string of the molecule is CCCCCCCCOC(=O)CNCP(=S)(N(C)Cc1ccccc1)N(C)Cc1ccccc1. The first kappa shape index (κ1) is 28.7. The molecule has 0 saturated carbocycles. The first-order valence-electron chi connectivity index (χ1n) is 12.4. The van der Waals surface area contributed by atoms with Crippen LogP contribution in [0.1, 0.15) is 56.6 Å². The summed E-state index contributed by atoms with van der Waals surface area (Å²) in [7, 11) is 4.18. The van der Waals surface area contributed by atoms with E-state index in [1.165, 1.54) is 36.8 Å². The lowest BCUT2D eigenvalue weighted by Gasteiger charge is -2.39. The molecule has 0 spiro atoms. The van der Waals surface area contributed by atoms with E-state index in [1.54, 1.807) is 0 Å². The van der Waals surface area contributed by atoms with Crippen LogP contribution in [0.15, 0.2) is 60.7 Å². The first-order chi connectivity index (χ1) is 16.5. The molecule has 2 aromatic rings. The molecule has 0 fully saturated rings. The fourth-order valence-corrected chi connectivity index (χ4v) is 6.64. The number of ether oxygens (including phenoxy) is 1. The number of carbonyl (C=O) groups is 1. The molecule has 0 aliphatic carbocycles. The Morgan fingerprint density at radius 2 is 1.35 bits per heavy atom. The summed E-state index contributed by atoms with van der Waals surface area (Å²) < 4.78 is 9.97. The van der Waals surface area contributed by atoms with Crippen molar-refractivity contribution in [1.29, 1.82) is 0 Å². The van der Waals surface area contributed by atoms with Crippen LogP contribution in [0, 0.1) is 0 Å². The minimum atomic E-state index is -2.15. The van der Waals surface area contributed by atoms with Crippen LogP contribution in [0.25, 0.3) is 0 Å². The maximum Gasteiger partial charge on any atom is 0.319 e. The summed E-state index contributed by atoms with van der Waals surface area (Å²) in [6, 6.07) is 20.8. The normalized spacial score (nSPS) is 11.8. The van der Waals surface area contributed by atoms with Crippen molar-refractivity contribution in [3.63, 3.8) is 0 Å². The summed E-state index contributed by atoms with van der Waals surface area (Å²) in [5.41, 5.74) is 2.45. The van der Waals surface area contributed by atoms with E-state index in [2.05, 4.69) is 84.2 Å². The second kappa shape index (κ2) is 16.2. The van der Waals surface area contributed by atoms with Crippen molar-refractivity contribution in [1.82, 2.24) is 14.7 Å². The molecule has 5 nitrogen and oxygen atoms in total. The quantitative estimate of drug-likeness (QED) is 0.162. The summed E-state index contributed by atoms with van der Waals surface area (Å²) in [6.45, 7) is 4.44. The van der Waals surface area contributed by atoms with Crippen molar-refractivity contribution >= 4 is 24.1 Å². The molecular formula is C27H42N3O2PS. The van der Waals surface area contributed by atoms with E-state index in [-0.39, 0.29) is 12.5 Å². The average Bonchev–Trinajstić information content (AvgIpc) is 2.84. The fraction of sp³-hybridized carbons (Fsp3) is 0.519. The monoisotopic (exact) mass is 503 g/mol. The number of hydrogen-bond donors (Lipinski definition) is 1. The Hall–Kier alpha value is -1.56. The Kier molecular flexibility index (Phi) is 13.6. The molecule has 2 aromatic carbocycles. The number of unbranched alkanes of at least 4 members (excludes halogenated alkanes) is 5. The van der Waals surface area contributed by atoms with E-state index >= 15 is 0 Å². The Morgan fingerprint density at radius 3 is 1.88 bits per heavy atom. The highest BCUT2D eigenvalue weighted by atomic mass is 32.4. The molecule has 0 atom stereocenters. The fourth-order valence-electron chi connectivity index (χ4n) is 3.84. The maximum atomic E-state index is 12.3. The van der Waals surface area contributed by atoms with Gasteiger partial charge in [0.25, 0.3) is 0 Å². The van der Waals surface area contributed by atoms with Crippen molar-refractivity contribution in [2.75, 3.05) is 33.5 Å². The van der Waals surface area contributed by atoms with Gasteiger partial charge in [0.1, 0.15) is 0 Å². The minimum Gasteiger partial charge on any atom is -0.465 e. The number of nitrogens with one attached hydrogen (secondary N) is 1. The van der Waals surface area contributed by atoms with Crippen LogP contribution in [0.3, 0.4) is 0 Å². The second-order valence-corrected chi connectivity index (χ2v) is 13.6. The lowest BCUT2D eigenvalue weighted by molar-refractivity contribution is -0.142. The molecule has 0 amide bonds. The van der Waals surface area contributed by atoms with Crippen molar-refractivity contribution in [3.05, 3.63) is 71.8 Å². The van der Waals surface area contributed by atoms with Crippen LogP contribution in [-0.2, 0) is 34.4 Å². The number of benzene rings is 2. The molecule has 2 rings (SSSR count). The molecule has 1 N–H and O–H groups in total. The van der Waals surface area contributed by atoms with Crippen LogP contribution >= 0.6 is 6.34 Å². The summed E-state index contributed by atoms with van der Waals surface area (Å²) in [4.78, 5) is 12.3. The zero-order valence-electron chi connectivity index (χ0n) is 21.1. The van der Waals surface area contributed by atoms with E-state index in [4.69, 9.17) is 16.5 Å². The van der Waals surface area contributed by atoms with Crippen LogP contribution in [0.5, 0.6) is 0 Å². The van der Waals surface area contributed by atoms with Gasteiger partial charge in [-0.05, 0) is 31.6 Å². The zero-order valence-corrected chi connectivity index (χ0v) is 22.8. The highest BCUT2D eigenvalue weighted by molar-refractivity contribution is 8.12. The molecular weight excluding hydrogens is 461 g/mol. The summed E-state index contributed by atoms with van der Waals surface area (Å²) in [5.74, 6) is -0.202. The van der Waals surface area contributed by atoms with Gasteiger partial charge in [-0.15, -0.1) is 0 Å². The Bertz CT molecular complexity index is 815. The van der Waals surface area contributed by atoms with Gasteiger partial charge in [0.15, 0.2) is 0 Å². The van der Waals surface area contributed by atoms with Crippen LogP contribution < -0.4 is 5.32 Å². The first-order valence-corrected chi connectivity index (χ1v) is 15.3. The largest absolute Gasteiger partial charge is 0.465 e. The standard InChI is InChI=1S/C27H42N3O2PS/c1-4-5-6-7-8-15-20-32-27(31)21-28-24-33(34,29(2)22-25-16-11-9-12-17-25)30(3)23-26-18-13-10-14-19-26/h9-14,16-19,28H,4-8,15,20-24H2,1-3H3. The maximum absolute atomic E-state index is 12.3. The van der Waals surface area contributed by atoms with Crippen molar-refractivity contribution in [2.24, 2.45) is 0 Å². The zero-order chi connectivity index (χ0) is 24.7. The molecule has 7 heteroatoms. The van der Waals surface area contributed by atoms with E-state index in [9.17, 15) is 4.79 Å². The van der Waals surface area contributed by atoms with Crippen LogP contribution in [0.4, 0.5) is 0 Å². The van der Waals surface area contributed by atoms with Gasteiger partial charge in [-0.2, -0.15) is 0 Å². The van der Waals surface area contributed by atoms with E-state index < -0.39 is 6.34 Å². The third kappa shape index (κ3) is 10.4.